The van der Waals surface area contributed by atoms with E-state index >= 15 is 0 Å². The summed E-state index contributed by atoms with van der Waals surface area (Å²) in [5, 5.41) is 13.8. The van der Waals surface area contributed by atoms with Gasteiger partial charge in [-0.15, -0.1) is 0 Å². The van der Waals surface area contributed by atoms with Crippen molar-refractivity contribution in [3.63, 3.8) is 0 Å². The first kappa shape index (κ1) is 23.8. The van der Waals surface area contributed by atoms with Crippen molar-refractivity contribution in [1.82, 2.24) is 15.0 Å². The van der Waals surface area contributed by atoms with E-state index in [0.717, 1.165) is 49.9 Å². The van der Waals surface area contributed by atoms with Gasteiger partial charge in [-0.05, 0) is 51.3 Å². The van der Waals surface area contributed by atoms with Gasteiger partial charge in [0.15, 0.2) is 0 Å². The Balaban J connectivity index is 0.000000626. The van der Waals surface area contributed by atoms with E-state index < -0.39 is 0 Å². The van der Waals surface area contributed by atoms with Crippen LogP contribution in [0.5, 0.6) is 0 Å². The number of pyridine rings is 1. The van der Waals surface area contributed by atoms with Crippen LogP contribution in [0.2, 0.25) is 0 Å². The molecule has 3 rings (SSSR count). The Labute approximate surface area is 171 Å². The van der Waals surface area contributed by atoms with Crippen LogP contribution in [0.25, 0.3) is 0 Å². The molecule has 9 nitrogen and oxygen atoms in total. The number of carbonyl (C=O) groups is 2. The fourth-order valence-electron chi connectivity index (χ4n) is 3.08. The van der Waals surface area contributed by atoms with Crippen LogP contribution >= 0.6 is 0 Å². The average molecular weight is 403 g/mol. The Morgan fingerprint density at radius 3 is 1.97 bits per heavy atom. The van der Waals surface area contributed by atoms with E-state index in [0.29, 0.717) is 0 Å². The van der Waals surface area contributed by atoms with Gasteiger partial charge in [0.2, 0.25) is 5.95 Å². The number of hydrogen-bond acceptors (Lipinski definition) is 7. The largest absolute Gasteiger partial charge is 0.483 e. The minimum absolute atomic E-state index is 0.250. The Morgan fingerprint density at radius 1 is 0.897 bits per heavy atom. The normalized spacial score (nSPS) is 13.2. The molecule has 1 fully saturated rings. The fraction of sp³-hybridized carbons (Fsp3) is 0.450. The summed E-state index contributed by atoms with van der Waals surface area (Å²) in [5.41, 5.74) is 5.88. The smallest absolute Gasteiger partial charge is 0.290 e. The van der Waals surface area contributed by atoms with Crippen LogP contribution in [-0.4, -0.2) is 64.3 Å². The Morgan fingerprint density at radius 2 is 1.41 bits per heavy atom. The Kier molecular flexibility index (Phi) is 10.1. The van der Waals surface area contributed by atoms with Crippen LogP contribution in [-0.2, 0) is 9.59 Å². The lowest BCUT2D eigenvalue weighted by Crippen LogP contribution is -2.32. The maximum absolute atomic E-state index is 8.36. The number of hydrogen-bond donors (Lipinski definition) is 2. The Hall–Kier alpha value is -3.23. The molecule has 0 radical (unpaired) electrons. The molecular formula is C20H29N5O4. The zero-order valence-corrected chi connectivity index (χ0v) is 17.4. The van der Waals surface area contributed by atoms with Crippen molar-refractivity contribution in [2.45, 2.75) is 34.1 Å². The van der Waals surface area contributed by atoms with Crippen molar-refractivity contribution >= 4 is 24.6 Å². The molecule has 0 atom stereocenters. The summed E-state index contributed by atoms with van der Waals surface area (Å²) < 4.78 is 0. The molecule has 3 heterocycles. The number of aryl methyl sites for hydroxylation is 3. The lowest BCUT2D eigenvalue weighted by atomic mass is 10.2. The van der Waals surface area contributed by atoms with Gasteiger partial charge < -0.3 is 20.0 Å². The highest BCUT2D eigenvalue weighted by Gasteiger charge is 2.19. The fourth-order valence-corrected chi connectivity index (χ4v) is 3.08. The van der Waals surface area contributed by atoms with Crippen LogP contribution in [0.4, 0.5) is 11.6 Å². The number of nitrogens with zero attached hydrogens (tertiary/aromatic N) is 5. The van der Waals surface area contributed by atoms with Crippen LogP contribution in [0.15, 0.2) is 18.5 Å². The van der Waals surface area contributed by atoms with Crippen molar-refractivity contribution in [3.05, 3.63) is 41.0 Å². The summed E-state index contributed by atoms with van der Waals surface area (Å²) in [5.74, 6) is 0.874. The number of carboxylic acid groups (broad SMARTS) is 2. The topological polar surface area (TPSA) is 120 Å². The van der Waals surface area contributed by atoms with Gasteiger partial charge in [-0.25, -0.2) is 9.97 Å². The molecule has 2 aromatic heterocycles. The zero-order chi connectivity index (χ0) is 21.8. The van der Waals surface area contributed by atoms with E-state index in [-0.39, 0.29) is 12.9 Å². The molecule has 2 aromatic rings. The third kappa shape index (κ3) is 7.02. The van der Waals surface area contributed by atoms with Gasteiger partial charge >= 0.3 is 0 Å². The maximum atomic E-state index is 8.36. The molecule has 0 aromatic carbocycles. The highest BCUT2D eigenvalue weighted by atomic mass is 16.3. The van der Waals surface area contributed by atoms with Crippen LogP contribution < -0.4 is 9.80 Å². The second kappa shape index (κ2) is 12.3. The summed E-state index contributed by atoms with van der Waals surface area (Å²) in [6.45, 7) is 11.8. The van der Waals surface area contributed by atoms with Crippen molar-refractivity contribution in [1.29, 1.82) is 0 Å². The molecular weight excluding hydrogens is 374 g/mol. The van der Waals surface area contributed by atoms with Gasteiger partial charge in [-0.1, -0.05) is 0 Å². The zero-order valence-electron chi connectivity index (χ0n) is 17.4. The van der Waals surface area contributed by atoms with Gasteiger partial charge in [-0.3, -0.25) is 14.6 Å². The number of rotatable bonds is 2. The predicted octanol–water partition coefficient (Wildman–Crippen LogP) is 2.22. The molecule has 0 saturated carbocycles. The Bertz CT molecular complexity index is 771. The second-order valence-electron chi connectivity index (χ2n) is 6.52. The minimum Gasteiger partial charge on any atom is -0.483 e. The molecule has 0 unspecified atom stereocenters. The second-order valence-corrected chi connectivity index (χ2v) is 6.52. The third-order valence-corrected chi connectivity index (χ3v) is 4.73. The van der Waals surface area contributed by atoms with Gasteiger partial charge in [-0.2, -0.15) is 0 Å². The molecule has 2 N–H and O–H groups in total. The van der Waals surface area contributed by atoms with E-state index in [9.17, 15) is 0 Å². The maximum Gasteiger partial charge on any atom is 0.290 e. The molecule has 0 bridgehead atoms. The summed E-state index contributed by atoms with van der Waals surface area (Å²) in [6.07, 6.45) is 4.92. The van der Waals surface area contributed by atoms with Crippen LogP contribution in [0, 0.1) is 27.7 Å². The van der Waals surface area contributed by atoms with E-state index in [1.807, 2.05) is 12.4 Å². The van der Waals surface area contributed by atoms with Gasteiger partial charge in [0.1, 0.15) is 0 Å². The van der Waals surface area contributed by atoms with Gasteiger partial charge in [0.05, 0.1) is 0 Å². The molecule has 1 aliphatic rings. The molecule has 158 valence electrons. The monoisotopic (exact) mass is 403 g/mol. The summed E-state index contributed by atoms with van der Waals surface area (Å²) in [4.78, 5) is 35.1. The third-order valence-electron chi connectivity index (χ3n) is 4.73. The van der Waals surface area contributed by atoms with Crippen LogP contribution in [0.1, 0.15) is 28.9 Å². The van der Waals surface area contributed by atoms with Crippen molar-refractivity contribution in [2.24, 2.45) is 0 Å². The quantitative estimate of drug-likeness (QED) is 0.727. The predicted molar refractivity (Wildman–Crippen MR) is 112 cm³/mol. The standard InChI is InChI=1S/C18H25N5.2CH2O2/c1-13-12-19-7-6-17(13)22-8-5-9-23(11-10-22)18-20-15(3)14(2)16(4)21-18;2*2-1-3/h6-7,12H,5,8-11H2,1-4H3;2*1H,(H,2,3). The van der Waals surface area contributed by atoms with E-state index in [1.54, 1.807) is 0 Å². The lowest BCUT2D eigenvalue weighted by Gasteiger charge is -2.25. The van der Waals surface area contributed by atoms with E-state index in [1.165, 1.54) is 16.8 Å². The molecule has 9 heteroatoms. The SMILES string of the molecule is Cc1cnccc1N1CCCN(c2nc(C)c(C)c(C)n2)CC1.O=CO.O=CO. The highest BCUT2D eigenvalue weighted by Crippen LogP contribution is 2.22. The van der Waals surface area contributed by atoms with Crippen molar-refractivity contribution in [3.8, 4) is 0 Å². The van der Waals surface area contributed by atoms with Crippen molar-refractivity contribution < 1.29 is 19.8 Å². The lowest BCUT2D eigenvalue weighted by molar-refractivity contribution is -0.123. The molecule has 0 spiro atoms. The number of aromatic nitrogens is 3. The van der Waals surface area contributed by atoms with Crippen molar-refractivity contribution in [2.75, 3.05) is 36.0 Å². The first-order valence-electron chi connectivity index (χ1n) is 9.27. The number of anilines is 2. The summed E-state index contributed by atoms with van der Waals surface area (Å²) in [6, 6.07) is 2.11. The molecule has 0 amide bonds. The minimum atomic E-state index is -0.250. The van der Waals surface area contributed by atoms with E-state index in [4.69, 9.17) is 29.8 Å². The van der Waals surface area contributed by atoms with Gasteiger partial charge in [0.25, 0.3) is 12.9 Å². The molecule has 0 aliphatic carbocycles. The summed E-state index contributed by atoms with van der Waals surface area (Å²) >= 11 is 0. The molecule has 29 heavy (non-hydrogen) atoms. The molecule has 1 saturated heterocycles. The first-order valence-corrected chi connectivity index (χ1v) is 9.27. The average Bonchev–Trinajstić information content (AvgIpc) is 2.93. The highest BCUT2D eigenvalue weighted by molar-refractivity contribution is 5.52. The van der Waals surface area contributed by atoms with Gasteiger partial charge in [0, 0.05) is 55.6 Å². The van der Waals surface area contributed by atoms with E-state index in [2.05, 4.69) is 48.5 Å². The van der Waals surface area contributed by atoms with Crippen LogP contribution in [0.3, 0.4) is 0 Å². The molecule has 1 aliphatic heterocycles. The first-order chi connectivity index (χ1) is 13.9. The summed E-state index contributed by atoms with van der Waals surface area (Å²) in [7, 11) is 0.